The number of hydrogen-bond acceptors (Lipinski definition) is 4. The van der Waals surface area contributed by atoms with Crippen molar-refractivity contribution in [3.8, 4) is 6.07 Å². The number of H-pyrrole nitrogens is 1. The highest BCUT2D eigenvalue weighted by Crippen LogP contribution is 2.21. The Kier molecular flexibility index (Phi) is 2.56. The monoisotopic (exact) mass is 292 g/mol. The molecule has 0 saturated heterocycles. The van der Waals surface area contributed by atoms with Crippen LogP contribution in [0.5, 0.6) is 0 Å². The molecule has 0 saturated carbocycles. The molecule has 0 bridgehead atoms. The lowest BCUT2D eigenvalue weighted by molar-refractivity contribution is 0.631. The first-order valence-corrected chi connectivity index (χ1v) is 6.54. The number of aromatic amines is 1. The highest BCUT2D eigenvalue weighted by atomic mass is 19.1. The standard InChI is InChI=1S/C15H9FN6/c16-10-3-1-2-4-11(10)18-14-20-15-19-12-7-9(8-17)5-6-13(12)22(15)21-14/h1-7H,(H2,18,19,20,21). The van der Waals surface area contributed by atoms with Crippen LogP contribution in [0.25, 0.3) is 16.8 Å². The molecule has 22 heavy (non-hydrogen) atoms. The number of halogens is 1. The van der Waals surface area contributed by atoms with Crippen molar-refractivity contribution in [2.45, 2.75) is 0 Å². The lowest BCUT2D eigenvalue weighted by Crippen LogP contribution is -1.96. The summed E-state index contributed by atoms with van der Waals surface area (Å²) in [6.07, 6.45) is 0. The zero-order valence-electron chi connectivity index (χ0n) is 11.2. The topological polar surface area (TPSA) is 81.8 Å². The average molecular weight is 292 g/mol. The van der Waals surface area contributed by atoms with Crippen LogP contribution in [0.1, 0.15) is 5.56 Å². The molecular formula is C15H9FN6. The molecule has 7 heteroatoms. The number of para-hydroxylation sites is 1. The van der Waals surface area contributed by atoms with Gasteiger partial charge >= 0.3 is 0 Å². The number of nitriles is 1. The molecule has 0 unspecified atom stereocenters. The van der Waals surface area contributed by atoms with E-state index < -0.39 is 0 Å². The van der Waals surface area contributed by atoms with Crippen LogP contribution in [-0.4, -0.2) is 19.6 Å². The summed E-state index contributed by atoms with van der Waals surface area (Å²) in [6.45, 7) is 0. The van der Waals surface area contributed by atoms with Crippen LogP contribution in [0.2, 0.25) is 0 Å². The number of nitrogens with one attached hydrogen (secondary N) is 2. The molecule has 2 aromatic carbocycles. The number of aromatic nitrogens is 4. The van der Waals surface area contributed by atoms with E-state index in [1.165, 1.54) is 6.07 Å². The normalized spacial score (nSPS) is 10.9. The Morgan fingerprint density at radius 3 is 2.86 bits per heavy atom. The van der Waals surface area contributed by atoms with Crippen LogP contribution in [0, 0.1) is 17.1 Å². The minimum Gasteiger partial charge on any atom is -0.322 e. The van der Waals surface area contributed by atoms with Gasteiger partial charge in [0, 0.05) is 0 Å². The first kappa shape index (κ1) is 12.3. The lowest BCUT2D eigenvalue weighted by Gasteiger charge is -2.02. The maximum absolute atomic E-state index is 13.6. The molecule has 6 nitrogen and oxygen atoms in total. The number of fused-ring (bicyclic) bond motifs is 3. The SMILES string of the molecule is N#Cc1ccc2c(c1)nc1nc(Nc3ccccc3F)[nH]n12. The van der Waals surface area contributed by atoms with Crippen molar-refractivity contribution in [2.75, 3.05) is 5.32 Å². The van der Waals surface area contributed by atoms with Gasteiger partial charge in [-0.2, -0.15) is 10.2 Å². The van der Waals surface area contributed by atoms with Crippen molar-refractivity contribution >= 4 is 28.4 Å². The molecule has 106 valence electrons. The van der Waals surface area contributed by atoms with Crippen LogP contribution in [-0.2, 0) is 0 Å². The smallest absolute Gasteiger partial charge is 0.253 e. The highest BCUT2D eigenvalue weighted by Gasteiger charge is 2.11. The van der Waals surface area contributed by atoms with E-state index in [9.17, 15) is 4.39 Å². The quantitative estimate of drug-likeness (QED) is 0.595. The largest absolute Gasteiger partial charge is 0.322 e. The van der Waals surface area contributed by atoms with Crippen LogP contribution in [0.4, 0.5) is 16.0 Å². The van der Waals surface area contributed by atoms with Gasteiger partial charge in [0.25, 0.3) is 5.78 Å². The number of benzene rings is 2. The van der Waals surface area contributed by atoms with Gasteiger partial charge < -0.3 is 5.32 Å². The Labute approximate surface area is 123 Å². The van der Waals surface area contributed by atoms with Gasteiger partial charge in [-0.05, 0) is 30.3 Å². The molecule has 0 atom stereocenters. The van der Waals surface area contributed by atoms with Crippen molar-refractivity contribution in [2.24, 2.45) is 0 Å². The molecule has 0 spiro atoms. The fourth-order valence-corrected chi connectivity index (χ4v) is 2.30. The van der Waals surface area contributed by atoms with E-state index in [1.807, 2.05) is 0 Å². The number of nitrogens with zero attached hydrogens (tertiary/aromatic N) is 4. The number of hydrogen-bond donors (Lipinski definition) is 2. The van der Waals surface area contributed by atoms with Gasteiger partial charge in [-0.3, -0.25) is 5.10 Å². The molecule has 0 amide bonds. The third-order valence-corrected chi connectivity index (χ3v) is 3.32. The molecule has 2 N–H and O–H groups in total. The summed E-state index contributed by atoms with van der Waals surface area (Å²) in [7, 11) is 0. The molecule has 4 rings (SSSR count). The van der Waals surface area contributed by atoms with Gasteiger partial charge in [0.05, 0.1) is 28.4 Å². The second-order valence-corrected chi connectivity index (χ2v) is 4.74. The van der Waals surface area contributed by atoms with E-state index in [0.717, 1.165) is 5.52 Å². The first-order valence-electron chi connectivity index (χ1n) is 6.54. The zero-order valence-corrected chi connectivity index (χ0v) is 11.2. The van der Waals surface area contributed by atoms with Gasteiger partial charge in [0.1, 0.15) is 5.82 Å². The molecule has 0 fully saturated rings. The van der Waals surface area contributed by atoms with Gasteiger partial charge in [-0.1, -0.05) is 12.1 Å². The Morgan fingerprint density at radius 2 is 2.05 bits per heavy atom. The van der Waals surface area contributed by atoms with Gasteiger partial charge in [-0.15, -0.1) is 0 Å². The van der Waals surface area contributed by atoms with Crippen LogP contribution in [0.3, 0.4) is 0 Å². The maximum atomic E-state index is 13.6. The Balaban J connectivity index is 1.79. The summed E-state index contributed by atoms with van der Waals surface area (Å²) in [5.74, 6) is 0.475. The molecule has 0 aliphatic carbocycles. The number of imidazole rings is 1. The van der Waals surface area contributed by atoms with E-state index in [4.69, 9.17) is 5.26 Å². The Bertz CT molecular complexity index is 1040. The fourth-order valence-electron chi connectivity index (χ4n) is 2.30. The van der Waals surface area contributed by atoms with Crippen molar-refractivity contribution in [3.05, 3.63) is 53.8 Å². The summed E-state index contributed by atoms with van der Waals surface area (Å²) in [5.41, 5.74) is 2.34. The highest BCUT2D eigenvalue weighted by molar-refractivity contribution is 5.81. The van der Waals surface area contributed by atoms with Gasteiger partial charge in [0.15, 0.2) is 0 Å². The lowest BCUT2D eigenvalue weighted by atomic mass is 10.2. The number of anilines is 2. The maximum Gasteiger partial charge on any atom is 0.253 e. The molecule has 4 aromatic rings. The predicted octanol–water partition coefficient (Wildman–Crippen LogP) is 2.96. The molecule has 2 heterocycles. The fraction of sp³-hybridized carbons (Fsp3) is 0. The minimum absolute atomic E-state index is 0.329. The summed E-state index contributed by atoms with van der Waals surface area (Å²) >= 11 is 0. The molecule has 0 aliphatic heterocycles. The van der Waals surface area contributed by atoms with Crippen molar-refractivity contribution in [1.82, 2.24) is 19.6 Å². The first-order chi connectivity index (χ1) is 10.7. The van der Waals surface area contributed by atoms with Crippen LogP contribution in [0.15, 0.2) is 42.5 Å². The predicted molar refractivity (Wildman–Crippen MR) is 79.2 cm³/mol. The van der Waals surface area contributed by atoms with Crippen LogP contribution < -0.4 is 5.32 Å². The van der Waals surface area contributed by atoms with Crippen LogP contribution >= 0.6 is 0 Å². The van der Waals surface area contributed by atoms with Crippen molar-refractivity contribution in [3.63, 3.8) is 0 Å². The molecular weight excluding hydrogens is 283 g/mol. The molecule has 2 aromatic heterocycles. The van der Waals surface area contributed by atoms with Gasteiger partial charge in [0.2, 0.25) is 5.95 Å². The number of rotatable bonds is 2. The second-order valence-electron chi connectivity index (χ2n) is 4.74. The summed E-state index contributed by atoms with van der Waals surface area (Å²) < 4.78 is 15.3. The molecule has 0 radical (unpaired) electrons. The average Bonchev–Trinajstić information content (AvgIpc) is 3.05. The van der Waals surface area contributed by atoms with Crippen molar-refractivity contribution in [1.29, 1.82) is 5.26 Å². The summed E-state index contributed by atoms with van der Waals surface area (Å²) in [6, 6.07) is 13.6. The second kappa shape index (κ2) is 4.56. The molecule has 0 aliphatic rings. The zero-order chi connectivity index (χ0) is 15.1. The van der Waals surface area contributed by atoms with E-state index in [2.05, 4.69) is 26.5 Å². The van der Waals surface area contributed by atoms with E-state index in [0.29, 0.717) is 28.5 Å². The Hall–Kier alpha value is -3.40. The van der Waals surface area contributed by atoms with E-state index in [1.54, 1.807) is 40.9 Å². The third-order valence-electron chi connectivity index (χ3n) is 3.32. The summed E-state index contributed by atoms with van der Waals surface area (Å²) in [5, 5.41) is 14.8. The minimum atomic E-state index is -0.361. The Morgan fingerprint density at radius 1 is 1.18 bits per heavy atom. The van der Waals surface area contributed by atoms with E-state index >= 15 is 0 Å². The van der Waals surface area contributed by atoms with Gasteiger partial charge in [-0.25, -0.2) is 13.9 Å². The third kappa shape index (κ3) is 1.86. The van der Waals surface area contributed by atoms with E-state index in [-0.39, 0.29) is 5.82 Å². The summed E-state index contributed by atoms with van der Waals surface area (Å²) in [4.78, 5) is 8.62. The van der Waals surface area contributed by atoms with Crippen molar-refractivity contribution < 1.29 is 4.39 Å².